The normalized spacial score (nSPS) is 21.1. The summed E-state index contributed by atoms with van der Waals surface area (Å²) in [5.41, 5.74) is 4.81. The van der Waals surface area contributed by atoms with Gasteiger partial charge in [0, 0.05) is 11.3 Å². The first-order valence-corrected chi connectivity index (χ1v) is 10.2. The van der Waals surface area contributed by atoms with Crippen molar-refractivity contribution in [3.05, 3.63) is 58.7 Å². The van der Waals surface area contributed by atoms with Gasteiger partial charge in [0.2, 0.25) is 0 Å². The molecule has 0 radical (unpaired) electrons. The second kappa shape index (κ2) is 7.82. The molecule has 0 bridgehead atoms. The largest absolute Gasteiger partial charge is 0.496 e. The van der Waals surface area contributed by atoms with E-state index in [-0.39, 0.29) is 5.37 Å². The van der Waals surface area contributed by atoms with Crippen molar-refractivity contribution in [1.82, 2.24) is 5.32 Å². The molecule has 142 valence electrons. The van der Waals surface area contributed by atoms with Crippen LogP contribution in [0.15, 0.2) is 36.4 Å². The van der Waals surface area contributed by atoms with Gasteiger partial charge in [-0.25, -0.2) is 0 Å². The third-order valence-corrected chi connectivity index (χ3v) is 6.42. The van der Waals surface area contributed by atoms with Crippen LogP contribution in [0.5, 0.6) is 11.5 Å². The van der Waals surface area contributed by atoms with Crippen LogP contribution in [0.1, 0.15) is 34.0 Å². The van der Waals surface area contributed by atoms with E-state index in [4.69, 9.17) is 9.47 Å². The molecule has 0 aromatic heterocycles. The molecule has 1 aliphatic heterocycles. The average Bonchev–Trinajstić information content (AvgIpc) is 3.35. The van der Waals surface area contributed by atoms with E-state index in [1.54, 1.807) is 18.9 Å². The molecule has 0 spiro atoms. The molecule has 1 heterocycles. The molecule has 27 heavy (non-hydrogen) atoms. The highest BCUT2D eigenvalue weighted by molar-refractivity contribution is 7.99. The fourth-order valence-corrected chi connectivity index (χ4v) is 4.90. The van der Waals surface area contributed by atoms with Crippen molar-refractivity contribution < 1.29 is 19.4 Å². The summed E-state index contributed by atoms with van der Waals surface area (Å²) in [4.78, 5) is 11.2. The molecule has 2 aromatic rings. The van der Waals surface area contributed by atoms with Gasteiger partial charge in [0.1, 0.15) is 24.1 Å². The van der Waals surface area contributed by atoms with Crippen molar-refractivity contribution >= 4 is 17.7 Å². The van der Waals surface area contributed by atoms with Gasteiger partial charge < -0.3 is 14.6 Å². The van der Waals surface area contributed by atoms with Gasteiger partial charge in [-0.05, 0) is 60.2 Å². The van der Waals surface area contributed by atoms with E-state index >= 15 is 0 Å². The number of nitrogens with one attached hydrogen (secondary N) is 1. The Labute approximate surface area is 163 Å². The van der Waals surface area contributed by atoms with Gasteiger partial charge in [0.15, 0.2) is 0 Å². The van der Waals surface area contributed by atoms with Crippen LogP contribution in [0.2, 0.25) is 0 Å². The third-order valence-electron chi connectivity index (χ3n) is 5.15. The first kappa shape index (κ1) is 18.2. The zero-order valence-corrected chi connectivity index (χ0v) is 16.1. The summed E-state index contributed by atoms with van der Waals surface area (Å²) in [6.45, 7) is 0.412. The number of hydrogen-bond acceptors (Lipinski definition) is 5. The Morgan fingerprint density at radius 1 is 1.22 bits per heavy atom. The van der Waals surface area contributed by atoms with Crippen molar-refractivity contribution in [2.45, 2.75) is 37.3 Å². The van der Waals surface area contributed by atoms with Crippen LogP contribution in [0.4, 0.5) is 0 Å². The number of methoxy groups -OCH3 is 1. The zero-order valence-electron chi connectivity index (χ0n) is 15.2. The SMILES string of the molecule is COc1ccc([C@@H]2N[C@@H](C(=O)O)CS2)cc1COc1ccc2c(c1)CCC2. The average molecular weight is 385 g/mol. The minimum absolute atomic E-state index is 0.0317. The quantitative estimate of drug-likeness (QED) is 0.793. The molecule has 1 fully saturated rings. The molecule has 6 heteroatoms. The second-order valence-electron chi connectivity index (χ2n) is 6.91. The standard InChI is InChI=1S/C21H23NO4S/c1-25-19-8-6-15(20-22-18(12-27-20)21(23)24)9-16(19)11-26-17-7-5-13-3-2-4-14(13)10-17/h5-10,18,20,22H,2-4,11-12H2,1H3,(H,23,24)/t18-,20-/m1/s1. The van der Waals surface area contributed by atoms with Gasteiger partial charge in [-0.2, -0.15) is 0 Å². The first-order chi connectivity index (χ1) is 13.1. The Kier molecular flexibility index (Phi) is 5.27. The van der Waals surface area contributed by atoms with Crippen LogP contribution < -0.4 is 14.8 Å². The maximum Gasteiger partial charge on any atom is 0.321 e. The number of carbonyl (C=O) groups is 1. The highest BCUT2D eigenvalue weighted by Crippen LogP contribution is 2.35. The van der Waals surface area contributed by atoms with Gasteiger partial charge in [-0.3, -0.25) is 10.1 Å². The molecular formula is C21H23NO4S. The predicted octanol–water partition coefficient (Wildman–Crippen LogP) is 3.55. The summed E-state index contributed by atoms with van der Waals surface area (Å²) in [7, 11) is 1.65. The Morgan fingerprint density at radius 3 is 2.85 bits per heavy atom. The lowest BCUT2D eigenvalue weighted by Crippen LogP contribution is -2.33. The number of carboxylic acids is 1. The van der Waals surface area contributed by atoms with Crippen molar-refractivity contribution in [1.29, 1.82) is 0 Å². The van der Waals surface area contributed by atoms with Crippen molar-refractivity contribution in [3.63, 3.8) is 0 Å². The molecule has 2 aromatic carbocycles. The molecule has 0 saturated carbocycles. The Balaban J connectivity index is 1.49. The Hall–Kier alpha value is -2.18. The monoisotopic (exact) mass is 385 g/mol. The molecule has 2 atom stereocenters. The van der Waals surface area contributed by atoms with Gasteiger partial charge >= 0.3 is 5.97 Å². The summed E-state index contributed by atoms with van der Waals surface area (Å²) in [6, 6.07) is 11.8. The maximum atomic E-state index is 11.2. The van der Waals surface area contributed by atoms with Crippen LogP contribution in [-0.2, 0) is 24.2 Å². The van der Waals surface area contributed by atoms with E-state index < -0.39 is 12.0 Å². The summed E-state index contributed by atoms with van der Waals surface area (Å²) >= 11 is 1.61. The van der Waals surface area contributed by atoms with Crippen LogP contribution in [0.25, 0.3) is 0 Å². The second-order valence-corrected chi connectivity index (χ2v) is 8.05. The number of fused-ring (bicyclic) bond motifs is 1. The summed E-state index contributed by atoms with van der Waals surface area (Å²) in [6.07, 6.45) is 3.51. The van der Waals surface area contributed by atoms with Crippen LogP contribution in [0.3, 0.4) is 0 Å². The number of aryl methyl sites for hydroxylation is 2. The highest BCUT2D eigenvalue weighted by Gasteiger charge is 2.30. The van der Waals surface area contributed by atoms with Crippen LogP contribution in [-0.4, -0.2) is 30.0 Å². The minimum Gasteiger partial charge on any atom is -0.496 e. The smallest absolute Gasteiger partial charge is 0.321 e. The van der Waals surface area contributed by atoms with Crippen molar-refractivity contribution in [2.75, 3.05) is 12.9 Å². The third kappa shape index (κ3) is 3.92. The summed E-state index contributed by atoms with van der Waals surface area (Å²) < 4.78 is 11.5. The lowest BCUT2D eigenvalue weighted by atomic mass is 10.1. The Bertz CT molecular complexity index is 854. The van der Waals surface area contributed by atoms with E-state index in [0.717, 1.165) is 35.5 Å². The fraction of sp³-hybridized carbons (Fsp3) is 0.381. The molecule has 1 aliphatic carbocycles. The number of thioether (sulfide) groups is 1. The van der Waals surface area contributed by atoms with Gasteiger partial charge in [0.25, 0.3) is 0 Å². The molecule has 1 saturated heterocycles. The number of aliphatic carboxylic acids is 1. The van der Waals surface area contributed by atoms with E-state index in [1.165, 1.54) is 17.5 Å². The molecular weight excluding hydrogens is 362 g/mol. The number of ether oxygens (including phenoxy) is 2. The molecule has 2 aliphatic rings. The van der Waals surface area contributed by atoms with Crippen LogP contribution in [0, 0.1) is 0 Å². The van der Waals surface area contributed by atoms with E-state index in [2.05, 4.69) is 17.4 Å². The van der Waals surface area contributed by atoms with Gasteiger partial charge in [-0.15, -0.1) is 11.8 Å². The fourth-order valence-electron chi connectivity index (χ4n) is 3.68. The molecule has 5 nitrogen and oxygen atoms in total. The minimum atomic E-state index is -0.807. The topological polar surface area (TPSA) is 67.8 Å². The number of hydrogen-bond donors (Lipinski definition) is 2. The van der Waals surface area contributed by atoms with E-state index in [1.807, 2.05) is 24.3 Å². The lowest BCUT2D eigenvalue weighted by molar-refractivity contribution is -0.138. The summed E-state index contributed by atoms with van der Waals surface area (Å²) in [5, 5.41) is 12.3. The molecule has 2 N–H and O–H groups in total. The number of rotatable bonds is 6. The molecule has 4 rings (SSSR count). The summed E-state index contributed by atoms with van der Waals surface area (Å²) in [5.74, 6) is 1.41. The lowest BCUT2D eigenvalue weighted by Gasteiger charge is -2.16. The Morgan fingerprint density at radius 2 is 2.07 bits per heavy atom. The number of benzene rings is 2. The first-order valence-electron chi connectivity index (χ1n) is 9.16. The molecule has 0 amide bonds. The van der Waals surface area contributed by atoms with Crippen LogP contribution >= 0.6 is 11.8 Å². The predicted molar refractivity (Wildman–Crippen MR) is 106 cm³/mol. The number of carboxylic acid groups (broad SMARTS) is 1. The van der Waals surface area contributed by atoms with E-state index in [0.29, 0.717) is 12.4 Å². The maximum absolute atomic E-state index is 11.2. The zero-order chi connectivity index (χ0) is 18.8. The highest BCUT2D eigenvalue weighted by atomic mass is 32.2. The molecule has 0 unspecified atom stereocenters. The van der Waals surface area contributed by atoms with Crippen molar-refractivity contribution in [3.8, 4) is 11.5 Å². The van der Waals surface area contributed by atoms with Crippen molar-refractivity contribution in [2.24, 2.45) is 0 Å². The van der Waals surface area contributed by atoms with Gasteiger partial charge in [-0.1, -0.05) is 12.1 Å². The van der Waals surface area contributed by atoms with E-state index in [9.17, 15) is 9.90 Å². The van der Waals surface area contributed by atoms with Gasteiger partial charge in [0.05, 0.1) is 12.5 Å².